The second-order valence-corrected chi connectivity index (χ2v) is 9.59. The Hall–Kier alpha value is -4.17. The first-order valence-corrected chi connectivity index (χ1v) is 12.6. The maximum absolute atomic E-state index is 11.4. The van der Waals surface area contributed by atoms with Gasteiger partial charge in [-0.25, -0.2) is 9.78 Å². The molecule has 8 nitrogen and oxygen atoms in total. The molecule has 0 amide bonds. The summed E-state index contributed by atoms with van der Waals surface area (Å²) in [6.45, 7) is 8.98. The number of benzene rings is 2. The normalized spacial score (nSPS) is 13.9. The van der Waals surface area contributed by atoms with Crippen LogP contribution in [-0.4, -0.2) is 46.9 Å². The Labute approximate surface area is 223 Å². The van der Waals surface area contributed by atoms with Crippen molar-refractivity contribution in [2.24, 2.45) is 0 Å². The van der Waals surface area contributed by atoms with Crippen molar-refractivity contribution >= 4 is 18.0 Å². The number of carbonyl (C=O) groups is 1. The average Bonchev–Trinajstić information content (AvgIpc) is 2.91. The van der Waals surface area contributed by atoms with Gasteiger partial charge in [-0.15, -0.1) is 0 Å². The van der Waals surface area contributed by atoms with Gasteiger partial charge in [0.05, 0.1) is 12.8 Å². The van der Waals surface area contributed by atoms with Crippen LogP contribution in [0.4, 0.5) is 5.82 Å². The fourth-order valence-electron chi connectivity index (χ4n) is 4.58. The molecule has 198 valence electrons. The largest absolute Gasteiger partial charge is 0.488 e. The van der Waals surface area contributed by atoms with Crippen molar-refractivity contribution in [1.29, 1.82) is 5.41 Å². The zero-order chi connectivity index (χ0) is 27.2. The van der Waals surface area contributed by atoms with Gasteiger partial charge in [0.1, 0.15) is 23.7 Å². The highest BCUT2D eigenvalue weighted by atomic mass is 16.5. The topological polar surface area (TPSA) is 108 Å². The number of pyridine rings is 1. The smallest absolute Gasteiger partial charge is 0.342 e. The maximum Gasteiger partial charge on any atom is 0.342 e. The Balaban J connectivity index is 1.56. The molecule has 8 heteroatoms. The number of nitrogens with one attached hydrogen (secondary N) is 2. The van der Waals surface area contributed by atoms with Crippen LogP contribution in [0.1, 0.15) is 36.1 Å². The molecule has 2 heterocycles. The summed E-state index contributed by atoms with van der Waals surface area (Å²) in [7, 11) is 1.34. The minimum atomic E-state index is -1.27. The fraction of sp³-hybridized carbons (Fsp3) is 0.300. The second kappa shape index (κ2) is 11.9. The molecule has 1 aliphatic heterocycles. The molecule has 0 fully saturated rings. The van der Waals surface area contributed by atoms with Gasteiger partial charge in [0, 0.05) is 30.9 Å². The van der Waals surface area contributed by atoms with Crippen LogP contribution < -0.4 is 10.1 Å². The van der Waals surface area contributed by atoms with Crippen LogP contribution in [0.5, 0.6) is 5.75 Å². The lowest BCUT2D eigenvalue weighted by molar-refractivity contribution is -0.132. The number of carboxylic acid groups (broad SMARTS) is 1. The van der Waals surface area contributed by atoms with Crippen molar-refractivity contribution in [2.45, 2.75) is 46.4 Å². The number of aryl methyl sites for hydroxylation is 1. The van der Waals surface area contributed by atoms with E-state index in [1.54, 1.807) is 6.07 Å². The highest BCUT2D eigenvalue weighted by Crippen LogP contribution is 2.33. The van der Waals surface area contributed by atoms with Crippen molar-refractivity contribution < 1.29 is 19.4 Å². The van der Waals surface area contributed by atoms with Crippen molar-refractivity contribution in [3.63, 3.8) is 0 Å². The number of aromatic nitrogens is 1. The predicted octanol–water partition coefficient (Wildman–Crippen LogP) is 5.41. The van der Waals surface area contributed by atoms with Crippen LogP contribution in [0.25, 0.3) is 11.3 Å². The molecule has 38 heavy (non-hydrogen) atoms. The molecular weight excluding hydrogens is 480 g/mol. The summed E-state index contributed by atoms with van der Waals surface area (Å²) in [5, 5.41) is 19.6. The molecule has 0 unspecified atom stereocenters. The Kier molecular flexibility index (Phi) is 8.43. The Morgan fingerprint density at radius 2 is 1.97 bits per heavy atom. The van der Waals surface area contributed by atoms with Gasteiger partial charge in [-0.2, -0.15) is 0 Å². The van der Waals surface area contributed by atoms with Gasteiger partial charge in [-0.1, -0.05) is 36.4 Å². The lowest BCUT2D eigenvalue weighted by atomic mass is 9.96. The van der Waals surface area contributed by atoms with Crippen LogP contribution >= 0.6 is 0 Å². The Morgan fingerprint density at radius 1 is 1.18 bits per heavy atom. The fourth-order valence-corrected chi connectivity index (χ4v) is 4.58. The molecule has 0 spiro atoms. The Morgan fingerprint density at radius 3 is 2.68 bits per heavy atom. The highest BCUT2D eigenvalue weighted by Gasteiger charge is 2.19. The van der Waals surface area contributed by atoms with E-state index in [2.05, 4.69) is 47.2 Å². The van der Waals surface area contributed by atoms with Gasteiger partial charge in [0.2, 0.25) is 5.88 Å². The number of nitrogens with zero attached hydrogens (tertiary/aromatic N) is 2. The van der Waals surface area contributed by atoms with Crippen LogP contribution in [0.3, 0.4) is 0 Å². The molecule has 0 atom stereocenters. The van der Waals surface area contributed by atoms with Crippen molar-refractivity contribution in [2.75, 3.05) is 19.0 Å². The number of hydrogen-bond donors (Lipinski definition) is 3. The first-order valence-electron chi connectivity index (χ1n) is 12.6. The molecule has 0 saturated carbocycles. The summed E-state index contributed by atoms with van der Waals surface area (Å²) in [6, 6.07) is 18.5. The maximum atomic E-state index is 11.4. The number of para-hydroxylation sites is 1. The summed E-state index contributed by atoms with van der Waals surface area (Å²) in [6.07, 6.45) is 1.77. The predicted molar refractivity (Wildman–Crippen MR) is 149 cm³/mol. The number of anilines is 1. The molecule has 3 N–H and O–H groups in total. The molecule has 0 bridgehead atoms. The molecule has 0 radical (unpaired) electrons. The van der Waals surface area contributed by atoms with Crippen molar-refractivity contribution in [3.8, 4) is 17.0 Å². The van der Waals surface area contributed by atoms with E-state index in [-0.39, 0.29) is 11.5 Å². The Bertz CT molecular complexity index is 1370. The van der Waals surface area contributed by atoms with E-state index < -0.39 is 5.97 Å². The lowest BCUT2D eigenvalue weighted by Crippen LogP contribution is -2.35. The number of carboxylic acids is 1. The van der Waals surface area contributed by atoms with E-state index in [0.29, 0.717) is 24.2 Å². The van der Waals surface area contributed by atoms with Gasteiger partial charge in [0.25, 0.3) is 0 Å². The van der Waals surface area contributed by atoms with Crippen molar-refractivity contribution in [1.82, 2.24) is 9.88 Å². The zero-order valence-electron chi connectivity index (χ0n) is 22.2. The minimum Gasteiger partial charge on any atom is -0.488 e. The summed E-state index contributed by atoms with van der Waals surface area (Å²) >= 11 is 0. The van der Waals surface area contributed by atoms with Crippen LogP contribution in [-0.2, 0) is 29.1 Å². The molecule has 0 saturated heterocycles. The van der Waals surface area contributed by atoms with Crippen LogP contribution in [0.15, 0.2) is 66.1 Å². The molecule has 4 rings (SSSR count). The number of aliphatic carboxylic acids is 1. The van der Waals surface area contributed by atoms with E-state index in [1.165, 1.54) is 18.2 Å². The van der Waals surface area contributed by atoms with Crippen LogP contribution in [0, 0.1) is 12.3 Å². The summed E-state index contributed by atoms with van der Waals surface area (Å²) in [5.74, 6) is -0.206. The van der Waals surface area contributed by atoms with E-state index >= 15 is 0 Å². The quantitative estimate of drug-likeness (QED) is 0.189. The second-order valence-electron chi connectivity index (χ2n) is 9.59. The molecule has 2 aromatic carbocycles. The van der Waals surface area contributed by atoms with Gasteiger partial charge >= 0.3 is 5.97 Å². The van der Waals surface area contributed by atoms with E-state index in [9.17, 15) is 9.90 Å². The third-order valence-corrected chi connectivity index (χ3v) is 6.73. The number of hydrogen-bond acceptors (Lipinski definition) is 7. The third-order valence-electron chi connectivity index (χ3n) is 6.73. The SMILES string of the molecule is CO/C(Nc1cccc(-c2cccc(C)c2OCc2ccc3c(c2)CCN(C(C)C)C3)n1)=C(/C=N)C(=O)O. The van der Waals surface area contributed by atoms with Gasteiger partial charge in [-0.05, 0) is 67.6 Å². The number of rotatable bonds is 10. The van der Waals surface area contributed by atoms with Gasteiger partial charge < -0.3 is 25.3 Å². The first-order chi connectivity index (χ1) is 18.3. The van der Waals surface area contributed by atoms with E-state index in [0.717, 1.165) is 48.2 Å². The molecule has 0 aliphatic carbocycles. The minimum absolute atomic E-state index is 0.0678. The van der Waals surface area contributed by atoms with E-state index in [4.69, 9.17) is 14.9 Å². The molecule has 1 aromatic heterocycles. The summed E-state index contributed by atoms with van der Waals surface area (Å²) in [4.78, 5) is 18.6. The average molecular weight is 515 g/mol. The molecular formula is C30H34N4O4. The van der Waals surface area contributed by atoms with Crippen molar-refractivity contribution in [3.05, 3.63) is 88.3 Å². The van der Waals surface area contributed by atoms with Gasteiger partial charge in [0.15, 0.2) is 0 Å². The summed E-state index contributed by atoms with van der Waals surface area (Å²) < 4.78 is 11.5. The van der Waals surface area contributed by atoms with Gasteiger partial charge in [-0.3, -0.25) is 4.90 Å². The third kappa shape index (κ3) is 6.03. The number of fused-ring (bicyclic) bond motifs is 1. The number of ether oxygens (including phenoxy) is 2. The van der Waals surface area contributed by atoms with Crippen LogP contribution in [0.2, 0.25) is 0 Å². The zero-order valence-corrected chi connectivity index (χ0v) is 22.2. The number of methoxy groups -OCH3 is 1. The first kappa shape index (κ1) is 26.9. The summed E-state index contributed by atoms with van der Waals surface area (Å²) in [5.41, 5.74) is 6.08. The monoisotopic (exact) mass is 514 g/mol. The highest BCUT2D eigenvalue weighted by molar-refractivity contribution is 6.08. The molecule has 3 aromatic rings. The van der Waals surface area contributed by atoms with E-state index in [1.807, 2.05) is 37.3 Å². The molecule has 1 aliphatic rings. The standard InChI is InChI=1S/C30H34N4O4/c1-19(2)34-14-13-22-15-21(11-12-23(22)17-34)18-38-28-20(3)7-5-8-24(28)26-9-6-10-27(32-26)33-29(37-4)25(16-31)30(35)36/h5-12,15-16,19,31H,13-14,17-18H2,1-4H3,(H,32,33)(H,35,36)/b29-25-,31-16?. The lowest BCUT2D eigenvalue weighted by Gasteiger charge is -2.32.